The highest BCUT2D eigenvalue weighted by atomic mass is 16.3. The summed E-state index contributed by atoms with van der Waals surface area (Å²) < 4.78 is 5.53. The van der Waals surface area contributed by atoms with E-state index in [0.29, 0.717) is 0 Å². The highest BCUT2D eigenvalue weighted by Crippen LogP contribution is 2.05. The Kier molecular flexibility index (Phi) is 7.02. The molecule has 2 rings (SSSR count). The maximum atomic E-state index is 5.53. The van der Waals surface area contributed by atoms with Crippen LogP contribution in [0.2, 0.25) is 0 Å². The highest BCUT2D eigenvalue weighted by molar-refractivity contribution is 5.77. The third-order valence-corrected chi connectivity index (χ3v) is 1.99. The SMILES string of the molecule is C=c1/c(=C\C)oc2ccccc12.CC.CC. The van der Waals surface area contributed by atoms with E-state index in [1.165, 1.54) is 0 Å². The minimum Gasteiger partial charge on any atom is -0.456 e. The fourth-order valence-corrected chi connectivity index (χ4v) is 1.35. The molecule has 0 saturated heterocycles. The van der Waals surface area contributed by atoms with Gasteiger partial charge in [0.25, 0.3) is 0 Å². The van der Waals surface area contributed by atoms with Gasteiger partial charge in [0.2, 0.25) is 0 Å². The zero-order chi connectivity index (χ0) is 12.6. The molecule has 0 bridgehead atoms. The first-order valence-corrected chi connectivity index (χ1v) is 5.96. The van der Waals surface area contributed by atoms with Crippen molar-refractivity contribution in [3.05, 3.63) is 34.9 Å². The summed E-state index contributed by atoms with van der Waals surface area (Å²) in [5, 5.41) is 2.08. The van der Waals surface area contributed by atoms with Crippen molar-refractivity contribution in [3.63, 3.8) is 0 Å². The molecule has 0 saturated carbocycles. The van der Waals surface area contributed by atoms with Gasteiger partial charge in [-0.05, 0) is 19.1 Å². The summed E-state index contributed by atoms with van der Waals surface area (Å²) in [5.41, 5.74) is 1.78. The average Bonchev–Trinajstić information content (AvgIpc) is 2.72. The van der Waals surface area contributed by atoms with Crippen LogP contribution in [0.15, 0.2) is 28.7 Å². The fourth-order valence-electron chi connectivity index (χ4n) is 1.35. The lowest BCUT2D eigenvalue weighted by molar-refractivity contribution is 0.575. The lowest BCUT2D eigenvalue weighted by atomic mass is 10.2. The molecule has 1 heterocycles. The highest BCUT2D eigenvalue weighted by Gasteiger charge is 1.97. The minimum atomic E-state index is 0.871. The Morgan fingerprint density at radius 3 is 2.12 bits per heavy atom. The Hall–Kier alpha value is -1.50. The van der Waals surface area contributed by atoms with Gasteiger partial charge in [0.05, 0.1) is 0 Å². The molecule has 0 spiro atoms. The van der Waals surface area contributed by atoms with Crippen molar-refractivity contribution in [2.75, 3.05) is 0 Å². The van der Waals surface area contributed by atoms with E-state index in [4.69, 9.17) is 4.42 Å². The van der Waals surface area contributed by atoms with Gasteiger partial charge in [0.15, 0.2) is 0 Å². The summed E-state index contributed by atoms with van der Waals surface area (Å²) in [5.74, 6) is 0. The van der Waals surface area contributed by atoms with Gasteiger partial charge < -0.3 is 4.42 Å². The molecule has 0 fully saturated rings. The molecule has 0 atom stereocenters. The third kappa shape index (κ3) is 2.99. The number of rotatable bonds is 0. The molecule has 0 aliphatic carbocycles. The van der Waals surface area contributed by atoms with Gasteiger partial charge >= 0.3 is 0 Å². The Balaban J connectivity index is 0.000000509. The number of fused-ring (bicyclic) bond motifs is 1. The van der Waals surface area contributed by atoms with Crippen molar-refractivity contribution in [1.29, 1.82) is 0 Å². The van der Waals surface area contributed by atoms with E-state index < -0.39 is 0 Å². The second-order valence-corrected chi connectivity index (χ2v) is 2.73. The fraction of sp³-hybridized carbons (Fsp3) is 0.333. The van der Waals surface area contributed by atoms with E-state index >= 15 is 0 Å². The molecule has 0 N–H and O–H groups in total. The molecule has 2 aromatic rings. The summed E-state index contributed by atoms with van der Waals surface area (Å²) in [6.45, 7) is 13.9. The molecule has 1 nitrogen and oxygen atoms in total. The Bertz CT molecular complexity index is 506. The first-order chi connectivity index (χ1) is 7.83. The Labute approximate surface area is 98.1 Å². The van der Waals surface area contributed by atoms with Crippen LogP contribution in [-0.4, -0.2) is 0 Å². The normalized spacial score (nSPS) is 10.2. The number of hydrogen-bond donors (Lipinski definition) is 0. The van der Waals surface area contributed by atoms with Crippen LogP contribution in [0.4, 0.5) is 0 Å². The van der Waals surface area contributed by atoms with Crippen molar-refractivity contribution in [2.24, 2.45) is 0 Å². The van der Waals surface area contributed by atoms with E-state index in [1.54, 1.807) is 0 Å². The second-order valence-electron chi connectivity index (χ2n) is 2.73. The van der Waals surface area contributed by atoms with Crippen molar-refractivity contribution >= 4 is 23.6 Å². The van der Waals surface area contributed by atoms with E-state index in [1.807, 2.05) is 65.0 Å². The molecule has 1 aromatic heterocycles. The number of para-hydroxylation sites is 1. The summed E-state index contributed by atoms with van der Waals surface area (Å²) in [4.78, 5) is 0. The van der Waals surface area contributed by atoms with Crippen LogP contribution in [0.3, 0.4) is 0 Å². The van der Waals surface area contributed by atoms with Gasteiger partial charge in [-0.25, -0.2) is 0 Å². The first kappa shape index (κ1) is 14.5. The molecule has 0 amide bonds. The molecule has 1 aromatic carbocycles. The van der Waals surface area contributed by atoms with Crippen molar-refractivity contribution < 1.29 is 4.42 Å². The van der Waals surface area contributed by atoms with E-state index in [2.05, 4.69) is 6.58 Å². The average molecular weight is 218 g/mol. The van der Waals surface area contributed by atoms with Crippen LogP contribution in [0.25, 0.3) is 23.6 Å². The first-order valence-electron chi connectivity index (χ1n) is 5.96. The van der Waals surface area contributed by atoms with Crippen molar-refractivity contribution in [3.8, 4) is 0 Å². The predicted molar refractivity (Wildman–Crippen MR) is 73.8 cm³/mol. The number of benzene rings is 1. The van der Waals surface area contributed by atoms with Gasteiger partial charge in [-0.15, -0.1) is 0 Å². The second kappa shape index (κ2) is 7.75. The molecular formula is C15H22O. The van der Waals surface area contributed by atoms with Crippen LogP contribution in [-0.2, 0) is 0 Å². The van der Waals surface area contributed by atoms with Crippen LogP contribution in [0.1, 0.15) is 34.6 Å². The largest absolute Gasteiger partial charge is 0.456 e. The molecule has 0 aliphatic rings. The van der Waals surface area contributed by atoms with E-state index in [0.717, 1.165) is 21.6 Å². The van der Waals surface area contributed by atoms with Gasteiger partial charge in [-0.3, -0.25) is 0 Å². The standard InChI is InChI=1S/C11H10O.2C2H6/c1-3-10-8(2)9-6-4-5-7-11(9)12-10;2*1-2/h3-7H,2H2,1H3;2*1-2H3/b10-3+;;. The van der Waals surface area contributed by atoms with Gasteiger partial charge in [-0.1, -0.05) is 52.5 Å². The Morgan fingerprint density at radius 1 is 1.06 bits per heavy atom. The van der Waals surface area contributed by atoms with Crippen LogP contribution < -0.4 is 10.6 Å². The quantitative estimate of drug-likeness (QED) is 0.657. The van der Waals surface area contributed by atoms with Crippen LogP contribution in [0.5, 0.6) is 0 Å². The maximum Gasteiger partial charge on any atom is 0.135 e. The van der Waals surface area contributed by atoms with Crippen LogP contribution in [0, 0.1) is 0 Å². The lowest BCUT2D eigenvalue weighted by Gasteiger charge is -1.82. The Morgan fingerprint density at radius 2 is 1.62 bits per heavy atom. The summed E-state index contributed by atoms with van der Waals surface area (Å²) >= 11 is 0. The molecule has 0 radical (unpaired) electrons. The zero-order valence-electron chi connectivity index (χ0n) is 11.0. The molecule has 0 aliphatic heterocycles. The summed E-state index contributed by atoms with van der Waals surface area (Å²) in [6.07, 6.45) is 1.93. The molecular weight excluding hydrogens is 196 g/mol. The van der Waals surface area contributed by atoms with E-state index in [-0.39, 0.29) is 0 Å². The number of hydrogen-bond acceptors (Lipinski definition) is 1. The van der Waals surface area contributed by atoms with Gasteiger partial charge in [0, 0.05) is 10.6 Å². The topological polar surface area (TPSA) is 13.1 Å². The molecule has 16 heavy (non-hydrogen) atoms. The summed E-state index contributed by atoms with van der Waals surface area (Å²) in [7, 11) is 0. The third-order valence-electron chi connectivity index (χ3n) is 1.99. The molecule has 0 unspecified atom stereocenters. The lowest BCUT2D eigenvalue weighted by Crippen LogP contribution is -2.16. The van der Waals surface area contributed by atoms with Gasteiger partial charge in [-0.2, -0.15) is 0 Å². The number of furan rings is 1. The zero-order valence-corrected chi connectivity index (χ0v) is 11.0. The minimum absolute atomic E-state index is 0.871. The monoisotopic (exact) mass is 218 g/mol. The van der Waals surface area contributed by atoms with Crippen molar-refractivity contribution in [1.82, 2.24) is 0 Å². The van der Waals surface area contributed by atoms with Crippen molar-refractivity contribution in [2.45, 2.75) is 34.6 Å². The van der Waals surface area contributed by atoms with Gasteiger partial charge in [0.1, 0.15) is 11.0 Å². The predicted octanol–water partition coefficient (Wildman–Crippen LogP) is 3.70. The smallest absolute Gasteiger partial charge is 0.135 e. The maximum absolute atomic E-state index is 5.53. The van der Waals surface area contributed by atoms with E-state index in [9.17, 15) is 0 Å². The molecule has 88 valence electrons. The summed E-state index contributed by atoms with van der Waals surface area (Å²) in [6, 6.07) is 7.93. The van der Waals surface area contributed by atoms with Crippen LogP contribution >= 0.6 is 0 Å². The molecule has 1 heteroatoms.